The molecule has 0 spiro atoms. The Morgan fingerprint density at radius 2 is 2.00 bits per heavy atom. The third-order valence-electron chi connectivity index (χ3n) is 2.27. The van der Waals surface area contributed by atoms with Crippen molar-refractivity contribution in [3.8, 4) is 5.75 Å². The molecule has 1 N–H and O–H groups in total. The molecule has 0 atom stereocenters. The molecular formula is C15H12N2O3. The second-order valence-corrected chi connectivity index (χ2v) is 3.77. The number of rotatable bonds is 2. The van der Waals surface area contributed by atoms with Gasteiger partial charge in [-0.3, -0.25) is 4.99 Å². The number of carbonyl (C=O) groups is 1. The van der Waals surface area contributed by atoms with Crippen LogP contribution in [0.5, 0.6) is 5.75 Å². The fraction of sp³-hybridized carbons (Fsp3) is 0. The average molecular weight is 268 g/mol. The molecule has 0 unspecified atom stereocenters. The molecule has 2 rings (SSSR count). The Morgan fingerprint density at radius 1 is 1.20 bits per heavy atom. The molecule has 0 aromatic heterocycles. The van der Waals surface area contributed by atoms with Gasteiger partial charge in [-0.05, 0) is 29.8 Å². The molecule has 0 saturated heterocycles. The molecular weight excluding hydrogens is 256 g/mol. The molecule has 5 nitrogen and oxygen atoms in total. The van der Waals surface area contributed by atoms with Gasteiger partial charge in [-0.25, -0.2) is 9.79 Å². The van der Waals surface area contributed by atoms with E-state index in [0.29, 0.717) is 0 Å². The van der Waals surface area contributed by atoms with Gasteiger partial charge in [0.05, 0.1) is 0 Å². The number of phenolic OH excluding ortho intramolecular Hbond substituents is 1. The van der Waals surface area contributed by atoms with Crippen LogP contribution in [-0.4, -0.2) is 23.2 Å². The van der Waals surface area contributed by atoms with Gasteiger partial charge in [0.2, 0.25) is 5.90 Å². The van der Waals surface area contributed by atoms with Gasteiger partial charge in [-0.15, -0.1) is 0 Å². The smallest absolute Gasteiger partial charge is 0.337 e. The van der Waals surface area contributed by atoms with Gasteiger partial charge in [-0.2, -0.15) is 0 Å². The van der Waals surface area contributed by atoms with Crippen LogP contribution in [0.4, 0.5) is 0 Å². The van der Waals surface area contributed by atoms with E-state index in [4.69, 9.17) is 9.84 Å². The molecule has 1 aliphatic heterocycles. The van der Waals surface area contributed by atoms with Crippen molar-refractivity contribution in [3.63, 3.8) is 0 Å². The highest BCUT2D eigenvalue weighted by molar-refractivity contribution is 6.01. The predicted octanol–water partition coefficient (Wildman–Crippen LogP) is 2.46. The van der Waals surface area contributed by atoms with E-state index in [-0.39, 0.29) is 11.6 Å². The fourth-order valence-corrected chi connectivity index (χ4v) is 1.35. The van der Waals surface area contributed by atoms with Gasteiger partial charge in [0, 0.05) is 30.8 Å². The first-order valence-electron chi connectivity index (χ1n) is 5.85. The van der Waals surface area contributed by atoms with E-state index in [0.717, 1.165) is 5.56 Å². The summed E-state index contributed by atoms with van der Waals surface area (Å²) in [6.07, 6.45) is 10.5. The van der Waals surface area contributed by atoms with E-state index in [9.17, 15) is 4.79 Å². The number of carbonyl (C=O) groups excluding carboxylic acids is 1. The van der Waals surface area contributed by atoms with Crippen molar-refractivity contribution in [3.05, 3.63) is 60.5 Å². The summed E-state index contributed by atoms with van der Waals surface area (Å²) in [5.74, 6) is -0.205. The largest absolute Gasteiger partial charge is 0.508 e. The molecule has 0 bridgehead atoms. The maximum absolute atomic E-state index is 11.6. The van der Waals surface area contributed by atoms with Crippen LogP contribution in [0.1, 0.15) is 5.56 Å². The van der Waals surface area contributed by atoms with Crippen molar-refractivity contribution >= 4 is 24.2 Å². The lowest BCUT2D eigenvalue weighted by molar-refractivity contribution is -0.129. The van der Waals surface area contributed by atoms with Crippen LogP contribution in [0.15, 0.2) is 64.9 Å². The summed E-state index contributed by atoms with van der Waals surface area (Å²) in [5.41, 5.74) is 0.777. The van der Waals surface area contributed by atoms with Crippen LogP contribution in [0.25, 0.3) is 6.08 Å². The van der Waals surface area contributed by atoms with Gasteiger partial charge < -0.3 is 9.84 Å². The lowest BCUT2D eigenvalue weighted by Crippen LogP contribution is -2.07. The summed E-state index contributed by atoms with van der Waals surface area (Å²) in [4.78, 5) is 19.4. The number of hydrogen-bond donors (Lipinski definition) is 1. The SMILES string of the molecule is O=C(C=Cc1ccc(O)cc1)OC1=N/C=C\C=N/C=C\1. The summed E-state index contributed by atoms with van der Waals surface area (Å²) in [5, 5.41) is 9.14. The third kappa shape index (κ3) is 4.38. The van der Waals surface area contributed by atoms with Gasteiger partial charge in [-0.1, -0.05) is 12.1 Å². The topological polar surface area (TPSA) is 71.2 Å². The molecule has 20 heavy (non-hydrogen) atoms. The van der Waals surface area contributed by atoms with Crippen LogP contribution in [0.3, 0.4) is 0 Å². The monoisotopic (exact) mass is 268 g/mol. The highest BCUT2D eigenvalue weighted by Crippen LogP contribution is 2.10. The lowest BCUT2D eigenvalue weighted by Gasteiger charge is -2.00. The Hall–Kier alpha value is -2.95. The van der Waals surface area contributed by atoms with Crippen LogP contribution >= 0.6 is 0 Å². The zero-order valence-electron chi connectivity index (χ0n) is 10.5. The van der Waals surface area contributed by atoms with E-state index in [1.807, 2.05) is 0 Å². The first-order valence-corrected chi connectivity index (χ1v) is 5.85. The van der Waals surface area contributed by atoms with Crippen molar-refractivity contribution in [2.75, 3.05) is 0 Å². The molecule has 0 radical (unpaired) electrons. The first kappa shape index (κ1) is 13.5. The van der Waals surface area contributed by atoms with E-state index < -0.39 is 5.97 Å². The van der Waals surface area contributed by atoms with Crippen LogP contribution in [0.2, 0.25) is 0 Å². The normalized spacial score (nSPS) is 21.3. The molecule has 1 heterocycles. The molecule has 1 aliphatic rings. The minimum absolute atomic E-state index is 0.165. The number of nitrogens with zero attached hydrogens (tertiary/aromatic N) is 2. The van der Waals surface area contributed by atoms with Crippen molar-refractivity contribution in [2.24, 2.45) is 9.98 Å². The number of benzene rings is 1. The molecule has 0 amide bonds. The maximum atomic E-state index is 11.6. The minimum atomic E-state index is -0.542. The second kappa shape index (κ2) is 6.84. The van der Waals surface area contributed by atoms with Crippen molar-refractivity contribution in [2.45, 2.75) is 0 Å². The predicted molar refractivity (Wildman–Crippen MR) is 77.4 cm³/mol. The molecule has 1 aromatic rings. The van der Waals surface area contributed by atoms with E-state index in [1.165, 1.54) is 36.7 Å². The maximum Gasteiger partial charge on any atom is 0.337 e. The first-order chi connectivity index (χ1) is 9.74. The third-order valence-corrected chi connectivity index (χ3v) is 2.27. The summed E-state index contributed by atoms with van der Waals surface area (Å²) < 4.78 is 5.04. The van der Waals surface area contributed by atoms with E-state index in [2.05, 4.69) is 9.98 Å². The second-order valence-electron chi connectivity index (χ2n) is 3.77. The highest BCUT2D eigenvalue weighted by Gasteiger charge is 2.02. The lowest BCUT2D eigenvalue weighted by atomic mass is 10.2. The molecule has 0 saturated carbocycles. The van der Waals surface area contributed by atoms with Crippen LogP contribution < -0.4 is 0 Å². The number of phenols is 1. The number of ether oxygens (including phenoxy) is 1. The average Bonchev–Trinajstić information content (AvgIpc) is 2.41. The van der Waals surface area contributed by atoms with E-state index >= 15 is 0 Å². The summed E-state index contributed by atoms with van der Waals surface area (Å²) in [6.45, 7) is 0. The zero-order valence-corrected chi connectivity index (χ0v) is 10.5. The molecule has 5 heteroatoms. The number of aliphatic imine (C=N–C) groups is 2. The van der Waals surface area contributed by atoms with Gasteiger partial charge in [0.15, 0.2) is 0 Å². The van der Waals surface area contributed by atoms with Gasteiger partial charge >= 0.3 is 5.97 Å². The Bertz CT molecular complexity index is 623. The molecule has 100 valence electrons. The van der Waals surface area contributed by atoms with Crippen LogP contribution in [0, 0.1) is 0 Å². The zero-order chi connectivity index (χ0) is 14.2. The standard InChI is InChI=1S/C15H12N2O3/c18-13-5-2-12(3-6-13)4-7-15(19)20-14-8-11-16-9-1-10-17-14/h1-11,18H/b7-4?,9-1?,10-1-,11-8-,14-8?,16-9-,16-11?,17-10?,17-14+. The van der Waals surface area contributed by atoms with Gasteiger partial charge in [0.1, 0.15) is 5.75 Å². The molecule has 1 aromatic carbocycles. The Morgan fingerprint density at radius 3 is 2.80 bits per heavy atom. The summed E-state index contributed by atoms with van der Waals surface area (Å²) >= 11 is 0. The Balaban J connectivity index is 1.97. The minimum Gasteiger partial charge on any atom is -0.508 e. The number of esters is 1. The fourth-order valence-electron chi connectivity index (χ4n) is 1.35. The summed E-state index contributed by atoms with van der Waals surface area (Å²) in [7, 11) is 0. The van der Waals surface area contributed by atoms with Crippen LogP contribution in [-0.2, 0) is 9.53 Å². The van der Waals surface area contributed by atoms with Crippen molar-refractivity contribution in [1.29, 1.82) is 0 Å². The quantitative estimate of drug-likeness (QED) is 0.661. The number of allylic oxidation sites excluding steroid dienone is 1. The van der Waals surface area contributed by atoms with Crippen molar-refractivity contribution < 1.29 is 14.6 Å². The van der Waals surface area contributed by atoms with Gasteiger partial charge in [0.25, 0.3) is 0 Å². The van der Waals surface area contributed by atoms with E-state index in [1.54, 1.807) is 30.5 Å². The highest BCUT2D eigenvalue weighted by atomic mass is 16.5. The molecule has 0 aliphatic carbocycles. The Kier molecular flexibility index (Phi) is 4.61. The number of aromatic hydroxyl groups is 1. The number of hydrogen-bond acceptors (Lipinski definition) is 5. The summed E-state index contributed by atoms with van der Waals surface area (Å²) in [6, 6.07) is 6.44. The molecule has 0 fully saturated rings. The van der Waals surface area contributed by atoms with Crippen molar-refractivity contribution in [1.82, 2.24) is 0 Å². The Labute approximate surface area is 116 Å².